The van der Waals surface area contributed by atoms with E-state index in [0.29, 0.717) is 6.54 Å². The number of nitrogens with zero attached hydrogens (tertiary/aromatic N) is 1. The van der Waals surface area contributed by atoms with Gasteiger partial charge in [0.2, 0.25) is 0 Å². The predicted molar refractivity (Wildman–Crippen MR) is 76.8 cm³/mol. The molecule has 2 fully saturated rings. The van der Waals surface area contributed by atoms with Crippen LogP contribution in [-0.2, 0) is 14.2 Å². The Morgan fingerprint density at radius 1 is 1.38 bits per heavy atom. The fraction of sp³-hybridized carbons (Fsp3) is 0.929. The third kappa shape index (κ3) is 3.01. The summed E-state index contributed by atoms with van der Waals surface area (Å²) in [4.78, 5) is 4.55. The lowest BCUT2D eigenvalue weighted by molar-refractivity contribution is -0.216. The number of nitrogens with one attached hydrogen (secondary N) is 2. The van der Waals surface area contributed by atoms with E-state index in [1.807, 2.05) is 13.8 Å². The number of aliphatic imine (C=N–C) groups is 1. The number of unbranched alkanes of at least 4 members (excludes halogenated alkanes) is 1. The molecule has 0 aromatic heterocycles. The van der Waals surface area contributed by atoms with Crippen LogP contribution >= 0.6 is 0 Å². The minimum absolute atomic E-state index is 0.120. The quantitative estimate of drug-likeness (QED) is 0.631. The van der Waals surface area contributed by atoms with E-state index in [0.717, 1.165) is 25.3 Å². The fourth-order valence-corrected chi connectivity index (χ4v) is 2.97. The Morgan fingerprint density at radius 3 is 2.90 bits per heavy atom. The van der Waals surface area contributed by atoms with Crippen molar-refractivity contribution in [1.29, 1.82) is 0 Å². The largest absolute Gasteiger partial charge is 0.387 e. The third-order valence-corrected chi connectivity index (χ3v) is 4.03. The summed E-state index contributed by atoms with van der Waals surface area (Å²) >= 11 is 0. The van der Waals surface area contributed by atoms with Crippen molar-refractivity contribution in [2.75, 3.05) is 13.1 Å². The van der Waals surface area contributed by atoms with Crippen molar-refractivity contribution in [1.82, 2.24) is 10.6 Å². The maximum absolute atomic E-state index is 10.4. The SMILES string of the molecule is CCCCNC1=N[C@@H]([C@H]2O[C@@H]3OC(C)(C)O[C@@H]3[C@H]2O)CN1. The number of aliphatic hydroxyl groups excluding tert-OH is 1. The first-order chi connectivity index (χ1) is 10.00. The number of ether oxygens (including phenoxy) is 3. The summed E-state index contributed by atoms with van der Waals surface area (Å²) in [6.07, 6.45) is 0.192. The molecule has 5 atom stereocenters. The molecular formula is C14H25N3O4. The van der Waals surface area contributed by atoms with Crippen molar-refractivity contribution in [3.8, 4) is 0 Å². The van der Waals surface area contributed by atoms with E-state index in [1.54, 1.807) is 0 Å². The molecule has 0 aromatic rings. The predicted octanol–water partition coefficient (Wildman–Crippen LogP) is -0.0588. The molecular weight excluding hydrogens is 274 g/mol. The van der Waals surface area contributed by atoms with Gasteiger partial charge in [-0.2, -0.15) is 0 Å². The molecule has 3 aliphatic heterocycles. The highest BCUT2D eigenvalue weighted by Crippen LogP contribution is 2.38. The van der Waals surface area contributed by atoms with Gasteiger partial charge < -0.3 is 30.0 Å². The highest BCUT2D eigenvalue weighted by Gasteiger charge is 2.56. The molecule has 0 spiro atoms. The molecule has 7 heteroatoms. The average molecular weight is 299 g/mol. The van der Waals surface area contributed by atoms with Crippen molar-refractivity contribution in [3.05, 3.63) is 0 Å². The van der Waals surface area contributed by atoms with Gasteiger partial charge in [-0.05, 0) is 20.3 Å². The highest BCUT2D eigenvalue weighted by atomic mass is 16.8. The average Bonchev–Trinajstić information content (AvgIpc) is 3.06. The Labute approximate surface area is 125 Å². The highest BCUT2D eigenvalue weighted by molar-refractivity contribution is 5.81. The summed E-state index contributed by atoms with van der Waals surface area (Å²) in [5.41, 5.74) is 0. The molecule has 0 radical (unpaired) electrons. The molecule has 3 N–H and O–H groups in total. The molecule has 0 aliphatic carbocycles. The van der Waals surface area contributed by atoms with Crippen LogP contribution in [0.25, 0.3) is 0 Å². The topological polar surface area (TPSA) is 84.3 Å². The Morgan fingerprint density at radius 2 is 2.19 bits per heavy atom. The van der Waals surface area contributed by atoms with Crippen LogP contribution in [0.3, 0.4) is 0 Å². The van der Waals surface area contributed by atoms with E-state index in [4.69, 9.17) is 14.2 Å². The number of guanidine groups is 1. The molecule has 3 rings (SSSR count). The molecule has 0 bridgehead atoms. The summed E-state index contributed by atoms with van der Waals surface area (Å²) in [5, 5.41) is 16.9. The van der Waals surface area contributed by atoms with Crippen molar-refractivity contribution >= 4 is 5.96 Å². The van der Waals surface area contributed by atoms with Crippen molar-refractivity contribution in [3.63, 3.8) is 0 Å². The molecule has 0 aromatic carbocycles. The van der Waals surface area contributed by atoms with E-state index in [9.17, 15) is 5.11 Å². The smallest absolute Gasteiger partial charge is 0.191 e. The van der Waals surface area contributed by atoms with Gasteiger partial charge in [0.05, 0.1) is 6.04 Å². The second-order valence-electron chi connectivity index (χ2n) is 6.27. The van der Waals surface area contributed by atoms with Gasteiger partial charge in [0.15, 0.2) is 18.0 Å². The number of hydrogen-bond acceptors (Lipinski definition) is 7. The van der Waals surface area contributed by atoms with Crippen LogP contribution in [0.1, 0.15) is 33.6 Å². The Bertz CT molecular complexity index is 415. The van der Waals surface area contributed by atoms with Gasteiger partial charge >= 0.3 is 0 Å². The van der Waals surface area contributed by atoms with Gasteiger partial charge in [-0.25, -0.2) is 4.99 Å². The maximum Gasteiger partial charge on any atom is 0.191 e. The summed E-state index contributed by atoms with van der Waals surface area (Å²) < 4.78 is 17.2. The summed E-state index contributed by atoms with van der Waals surface area (Å²) in [7, 11) is 0. The molecule has 0 saturated carbocycles. The summed E-state index contributed by atoms with van der Waals surface area (Å²) in [5.74, 6) is 0.0780. The van der Waals surface area contributed by atoms with E-state index >= 15 is 0 Å². The Hall–Kier alpha value is -0.890. The number of aliphatic hydroxyl groups is 1. The van der Waals surface area contributed by atoms with Crippen LogP contribution in [0.15, 0.2) is 4.99 Å². The first-order valence-corrected chi connectivity index (χ1v) is 7.75. The van der Waals surface area contributed by atoms with E-state index in [-0.39, 0.29) is 6.04 Å². The molecule has 7 nitrogen and oxygen atoms in total. The number of hydrogen-bond donors (Lipinski definition) is 3. The molecule has 120 valence electrons. The fourth-order valence-electron chi connectivity index (χ4n) is 2.97. The van der Waals surface area contributed by atoms with E-state index < -0.39 is 30.4 Å². The van der Waals surface area contributed by atoms with Gasteiger partial charge in [-0.15, -0.1) is 0 Å². The van der Waals surface area contributed by atoms with Crippen LogP contribution < -0.4 is 10.6 Å². The summed E-state index contributed by atoms with van der Waals surface area (Å²) in [6.45, 7) is 7.34. The van der Waals surface area contributed by atoms with Crippen LogP contribution in [-0.4, -0.2) is 60.6 Å². The normalized spacial score (nSPS) is 40.8. The van der Waals surface area contributed by atoms with Crippen LogP contribution in [0.2, 0.25) is 0 Å². The van der Waals surface area contributed by atoms with Crippen molar-refractivity contribution < 1.29 is 19.3 Å². The number of rotatable bonds is 4. The molecule has 3 aliphatic rings. The van der Waals surface area contributed by atoms with Gasteiger partial charge in [0, 0.05) is 13.1 Å². The molecule has 21 heavy (non-hydrogen) atoms. The molecule has 2 saturated heterocycles. The van der Waals surface area contributed by atoms with E-state index in [1.165, 1.54) is 0 Å². The molecule has 0 amide bonds. The minimum atomic E-state index is -0.720. The van der Waals surface area contributed by atoms with Gasteiger partial charge in [0.1, 0.15) is 18.3 Å². The minimum Gasteiger partial charge on any atom is -0.387 e. The van der Waals surface area contributed by atoms with Crippen LogP contribution in [0, 0.1) is 0 Å². The van der Waals surface area contributed by atoms with Crippen molar-refractivity contribution in [2.45, 2.75) is 70.0 Å². The second kappa shape index (κ2) is 5.72. The lowest BCUT2D eigenvalue weighted by Crippen LogP contribution is -2.42. The van der Waals surface area contributed by atoms with Gasteiger partial charge in [-0.3, -0.25) is 0 Å². The van der Waals surface area contributed by atoms with Crippen LogP contribution in [0.4, 0.5) is 0 Å². The monoisotopic (exact) mass is 299 g/mol. The standard InChI is InChI=1S/C14H25N3O4/c1-4-5-6-15-13-16-7-8(17-13)10-9(18)11-12(19-10)21-14(2,3)20-11/h8-12,18H,4-7H2,1-3H3,(H2,15,16,17)/t8-,9+,10-,11-,12-/m1/s1. The Kier molecular flexibility index (Phi) is 4.09. The number of fused-ring (bicyclic) bond motifs is 1. The lowest BCUT2D eigenvalue weighted by atomic mass is 10.0. The van der Waals surface area contributed by atoms with Crippen molar-refractivity contribution in [2.24, 2.45) is 4.99 Å². The summed E-state index contributed by atoms with van der Waals surface area (Å²) in [6, 6.07) is -0.120. The maximum atomic E-state index is 10.4. The second-order valence-corrected chi connectivity index (χ2v) is 6.27. The lowest BCUT2D eigenvalue weighted by Gasteiger charge is -2.24. The first kappa shape index (κ1) is 15.0. The van der Waals surface area contributed by atoms with Gasteiger partial charge in [0.25, 0.3) is 0 Å². The zero-order valence-electron chi connectivity index (χ0n) is 12.8. The van der Waals surface area contributed by atoms with Crippen LogP contribution in [0.5, 0.6) is 0 Å². The third-order valence-electron chi connectivity index (χ3n) is 4.03. The first-order valence-electron chi connectivity index (χ1n) is 7.75. The van der Waals surface area contributed by atoms with E-state index in [2.05, 4.69) is 22.5 Å². The van der Waals surface area contributed by atoms with Gasteiger partial charge in [-0.1, -0.05) is 13.3 Å². The Balaban J connectivity index is 1.57. The zero-order valence-corrected chi connectivity index (χ0v) is 12.8. The molecule has 3 heterocycles. The zero-order chi connectivity index (χ0) is 15.0. The molecule has 0 unspecified atom stereocenters.